The summed E-state index contributed by atoms with van der Waals surface area (Å²) in [5.41, 5.74) is 3.52. The summed E-state index contributed by atoms with van der Waals surface area (Å²) in [6.45, 7) is 3.47. The zero-order valence-corrected chi connectivity index (χ0v) is 25.3. The van der Waals surface area contributed by atoms with Gasteiger partial charge in [-0.15, -0.1) is 0 Å². The van der Waals surface area contributed by atoms with Crippen LogP contribution in [-0.2, 0) is 20.9 Å². The van der Waals surface area contributed by atoms with E-state index in [2.05, 4.69) is 10.3 Å². The highest BCUT2D eigenvalue weighted by molar-refractivity contribution is 7.53. The molecule has 3 aromatic carbocycles. The fourth-order valence-electron chi connectivity index (χ4n) is 5.23. The second kappa shape index (κ2) is 12.0. The van der Waals surface area contributed by atoms with Gasteiger partial charge in [-0.3, -0.25) is 13.9 Å². The summed E-state index contributed by atoms with van der Waals surface area (Å²) >= 11 is 12.4. The number of para-hydroxylation sites is 3. The maximum Gasteiger partial charge on any atom is 0.336 e. The SMILES string of the molecule is CCC(CC)(c1ccccc1NC(=O)CCc1oc(-n2cnc3ccccc32)nc1-c1ccc(Cl)c(Cl)c1)P(=O)(O)O. The number of aryl methyl sites for hydroxylation is 1. The predicted octanol–water partition coefficient (Wildman–Crippen LogP) is 7.75. The van der Waals surface area contributed by atoms with Gasteiger partial charge >= 0.3 is 13.6 Å². The monoisotopic (exact) mass is 626 g/mol. The number of imidazole rings is 1. The summed E-state index contributed by atoms with van der Waals surface area (Å²) in [6, 6.07) is 19.7. The molecule has 9 nitrogen and oxygen atoms in total. The molecular formula is C30H29Cl2N4O5P. The molecule has 5 rings (SSSR count). The maximum atomic E-state index is 13.2. The standard InChI is InChI=1S/C30H29Cl2N4O5P/c1-3-30(4-2,42(38,39)40)20-9-5-6-10-23(20)34-27(37)16-15-26-28(19-13-14-21(31)22(32)17-19)35-29(41-26)36-18-33-24-11-7-8-12-25(24)36/h5-14,17-18H,3-4,15-16H2,1-2H3,(H,34,37)(H2,38,39,40). The minimum Gasteiger partial charge on any atom is -0.427 e. The average Bonchev–Trinajstić information content (AvgIpc) is 3.59. The van der Waals surface area contributed by atoms with Crippen molar-refractivity contribution < 1.29 is 23.6 Å². The van der Waals surface area contributed by atoms with E-state index >= 15 is 0 Å². The Balaban J connectivity index is 1.46. The summed E-state index contributed by atoms with van der Waals surface area (Å²) in [7, 11) is -4.55. The van der Waals surface area contributed by atoms with Crippen LogP contribution in [0.1, 0.15) is 44.4 Å². The topological polar surface area (TPSA) is 130 Å². The summed E-state index contributed by atoms with van der Waals surface area (Å²) in [5, 5.41) is 2.20. The molecule has 0 radical (unpaired) electrons. The zero-order valence-electron chi connectivity index (χ0n) is 22.9. The molecule has 5 aromatic rings. The largest absolute Gasteiger partial charge is 0.427 e. The van der Waals surface area contributed by atoms with E-state index in [9.17, 15) is 19.1 Å². The van der Waals surface area contributed by atoms with E-state index in [-0.39, 0.29) is 37.6 Å². The minimum absolute atomic E-state index is 0.0170. The number of benzene rings is 3. The second-order valence-corrected chi connectivity index (χ2v) is 12.6. The van der Waals surface area contributed by atoms with Gasteiger partial charge in [-0.05, 0) is 48.7 Å². The number of fused-ring (bicyclic) bond motifs is 1. The van der Waals surface area contributed by atoms with E-state index in [1.54, 1.807) is 67.2 Å². The number of hydrogen-bond donors (Lipinski definition) is 3. The van der Waals surface area contributed by atoms with Crippen molar-refractivity contribution in [3.05, 3.63) is 94.4 Å². The van der Waals surface area contributed by atoms with E-state index in [1.165, 1.54) is 0 Å². The molecule has 0 aliphatic carbocycles. The van der Waals surface area contributed by atoms with Crippen LogP contribution in [0.25, 0.3) is 28.3 Å². The number of aromatic nitrogens is 3. The van der Waals surface area contributed by atoms with Crippen molar-refractivity contribution in [3.63, 3.8) is 0 Å². The van der Waals surface area contributed by atoms with Gasteiger partial charge in [0.2, 0.25) is 5.91 Å². The Morgan fingerprint density at radius 2 is 1.74 bits per heavy atom. The lowest BCUT2D eigenvalue weighted by Gasteiger charge is -2.34. The molecule has 0 spiro atoms. The van der Waals surface area contributed by atoms with Crippen LogP contribution < -0.4 is 5.32 Å². The lowest BCUT2D eigenvalue weighted by molar-refractivity contribution is -0.116. The quantitative estimate of drug-likeness (QED) is 0.135. The second-order valence-electron chi connectivity index (χ2n) is 9.88. The molecule has 2 heterocycles. The van der Waals surface area contributed by atoms with Crippen LogP contribution in [0.5, 0.6) is 0 Å². The summed E-state index contributed by atoms with van der Waals surface area (Å²) in [6.07, 6.45) is 2.24. The highest BCUT2D eigenvalue weighted by Gasteiger charge is 2.46. The maximum absolute atomic E-state index is 13.2. The van der Waals surface area contributed by atoms with Gasteiger partial charge in [0, 0.05) is 24.1 Å². The highest BCUT2D eigenvalue weighted by Crippen LogP contribution is 2.62. The number of carbonyl (C=O) groups excluding carboxylic acids is 1. The molecular weight excluding hydrogens is 598 g/mol. The third-order valence-electron chi connectivity index (χ3n) is 7.55. The van der Waals surface area contributed by atoms with Crippen molar-refractivity contribution in [3.8, 4) is 17.3 Å². The van der Waals surface area contributed by atoms with Crippen LogP contribution in [0.4, 0.5) is 5.69 Å². The number of rotatable bonds is 10. The molecule has 0 aliphatic heterocycles. The van der Waals surface area contributed by atoms with Gasteiger partial charge in [-0.1, -0.05) is 73.4 Å². The molecule has 12 heteroatoms. The van der Waals surface area contributed by atoms with Gasteiger partial charge in [-0.2, -0.15) is 4.98 Å². The summed E-state index contributed by atoms with van der Waals surface area (Å²) in [5.74, 6) is 0.108. The lowest BCUT2D eigenvalue weighted by Crippen LogP contribution is -2.27. The van der Waals surface area contributed by atoms with Crippen LogP contribution in [0.15, 0.2) is 77.5 Å². The molecule has 42 heavy (non-hydrogen) atoms. The van der Waals surface area contributed by atoms with E-state index in [4.69, 9.17) is 32.6 Å². The first-order valence-corrected chi connectivity index (χ1v) is 15.8. The van der Waals surface area contributed by atoms with Gasteiger partial charge < -0.3 is 19.5 Å². The van der Waals surface area contributed by atoms with Crippen molar-refractivity contribution in [2.45, 2.75) is 44.7 Å². The predicted molar refractivity (Wildman–Crippen MR) is 164 cm³/mol. The molecule has 0 atom stereocenters. The van der Waals surface area contributed by atoms with Crippen molar-refractivity contribution in [1.82, 2.24) is 14.5 Å². The fraction of sp³-hybridized carbons (Fsp3) is 0.233. The zero-order chi connectivity index (χ0) is 30.1. The van der Waals surface area contributed by atoms with Crippen molar-refractivity contribution in [2.24, 2.45) is 0 Å². The minimum atomic E-state index is -4.55. The van der Waals surface area contributed by atoms with E-state index in [0.29, 0.717) is 38.3 Å². The summed E-state index contributed by atoms with van der Waals surface area (Å²) < 4.78 is 20.5. The Bertz CT molecular complexity index is 1810. The lowest BCUT2D eigenvalue weighted by atomic mass is 9.91. The number of amides is 1. The highest BCUT2D eigenvalue weighted by atomic mass is 35.5. The number of carbonyl (C=O) groups is 1. The van der Waals surface area contributed by atoms with Crippen LogP contribution in [0, 0.1) is 0 Å². The van der Waals surface area contributed by atoms with Crippen LogP contribution >= 0.6 is 30.8 Å². The van der Waals surface area contributed by atoms with Crippen LogP contribution in [0.3, 0.4) is 0 Å². The molecule has 0 saturated carbocycles. The molecule has 0 aliphatic rings. The van der Waals surface area contributed by atoms with Crippen LogP contribution in [0.2, 0.25) is 10.0 Å². The van der Waals surface area contributed by atoms with Crippen molar-refractivity contribution in [1.29, 1.82) is 0 Å². The molecule has 0 fully saturated rings. The first kappa shape index (κ1) is 30.0. The normalized spacial score (nSPS) is 12.1. The number of nitrogens with one attached hydrogen (secondary N) is 1. The van der Waals surface area contributed by atoms with Crippen LogP contribution in [-0.4, -0.2) is 30.2 Å². The van der Waals surface area contributed by atoms with E-state index in [1.807, 2.05) is 24.3 Å². The Morgan fingerprint density at radius 1 is 1.02 bits per heavy atom. The molecule has 0 saturated heterocycles. The van der Waals surface area contributed by atoms with Crippen molar-refractivity contribution in [2.75, 3.05) is 5.32 Å². The van der Waals surface area contributed by atoms with Gasteiger partial charge in [0.15, 0.2) is 0 Å². The molecule has 0 bridgehead atoms. The van der Waals surface area contributed by atoms with Gasteiger partial charge in [0.05, 0.1) is 26.2 Å². The number of oxazole rings is 1. The Morgan fingerprint density at radius 3 is 2.45 bits per heavy atom. The third kappa shape index (κ3) is 5.63. The molecule has 2 aromatic heterocycles. The molecule has 0 unspecified atom stereocenters. The average molecular weight is 627 g/mol. The Hall–Kier alpha value is -3.46. The van der Waals surface area contributed by atoms with Crippen molar-refractivity contribution >= 4 is 53.4 Å². The van der Waals surface area contributed by atoms with Gasteiger partial charge in [-0.25, -0.2) is 4.98 Å². The Labute approximate surface area is 252 Å². The Kier molecular flexibility index (Phi) is 8.60. The summed E-state index contributed by atoms with van der Waals surface area (Å²) in [4.78, 5) is 42.9. The van der Waals surface area contributed by atoms with Gasteiger partial charge in [0.1, 0.15) is 17.8 Å². The molecule has 3 N–H and O–H groups in total. The number of nitrogens with zero attached hydrogens (tertiary/aromatic N) is 3. The van der Waals surface area contributed by atoms with E-state index < -0.39 is 12.8 Å². The first-order valence-electron chi connectivity index (χ1n) is 13.4. The molecule has 1 amide bonds. The van der Waals surface area contributed by atoms with E-state index in [0.717, 1.165) is 11.0 Å². The smallest absolute Gasteiger partial charge is 0.336 e. The first-order chi connectivity index (χ1) is 20.1. The van der Waals surface area contributed by atoms with Gasteiger partial charge in [0.25, 0.3) is 0 Å². The fourth-order valence-corrected chi connectivity index (χ4v) is 6.86. The number of anilines is 1. The number of hydrogen-bond acceptors (Lipinski definition) is 5. The number of halogens is 2. The molecule has 218 valence electrons. The third-order valence-corrected chi connectivity index (χ3v) is 10.3.